The van der Waals surface area contributed by atoms with E-state index in [0.29, 0.717) is 25.7 Å². The van der Waals surface area contributed by atoms with Gasteiger partial charge in [-0.15, -0.1) is 0 Å². The number of esters is 4. The Morgan fingerprint density at radius 2 is 0.560 bits per heavy atom. The summed E-state index contributed by atoms with van der Waals surface area (Å²) >= 11 is 0. The van der Waals surface area contributed by atoms with Gasteiger partial charge in [-0.25, -0.2) is 9.13 Å². The van der Waals surface area contributed by atoms with E-state index < -0.39 is 97.5 Å². The third-order valence-corrected chi connectivity index (χ3v) is 19.0. The standard InChI is InChI=1S/C72H140O17P2/c1-7-10-12-14-16-18-20-22-24-26-28-32-36-44-50-56-71(76)88-67(60-82-69(74)54-48-42-35-31-27-25-23-21-19-17-15-13-11-8-2)62-86-90(78,79)84-58-66(73)59-85-91(80,81)87-63-68(61-83-70(75)55-49-43-39-38-41-47-53-65(6)9-3)89-72(77)57-51-45-37-33-29-30-34-40-46-52-64(4)5/h64-68,73H,7-63H2,1-6H3,(H,78,79)(H,80,81)/t65?,66-,67-,68-/m1/s1. The Hall–Kier alpha value is -1.94. The first kappa shape index (κ1) is 89.1. The molecular formula is C72H140O17P2. The number of rotatable bonds is 71. The molecule has 17 nitrogen and oxygen atoms in total. The van der Waals surface area contributed by atoms with Gasteiger partial charge in [-0.1, -0.05) is 318 Å². The fourth-order valence-corrected chi connectivity index (χ4v) is 12.5. The Labute approximate surface area is 556 Å². The lowest BCUT2D eigenvalue weighted by molar-refractivity contribution is -0.161. The molecule has 3 N–H and O–H groups in total. The number of hydrogen-bond donors (Lipinski definition) is 3. The van der Waals surface area contributed by atoms with Crippen molar-refractivity contribution in [3.8, 4) is 0 Å². The van der Waals surface area contributed by atoms with Crippen LogP contribution in [0, 0.1) is 11.8 Å². The molecule has 540 valence electrons. The summed E-state index contributed by atoms with van der Waals surface area (Å²) in [6.07, 6.45) is 49.9. The van der Waals surface area contributed by atoms with Gasteiger partial charge in [-0.2, -0.15) is 0 Å². The maximum absolute atomic E-state index is 13.0. The highest BCUT2D eigenvalue weighted by Crippen LogP contribution is 2.45. The van der Waals surface area contributed by atoms with Crippen LogP contribution in [0.2, 0.25) is 0 Å². The number of aliphatic hydroxyl groups is 1. The van der Waals surface area contributed by atoms with Crippen LogP contribution in [-0.4, -0.2) is 96.7 Å². The number of phosphoric ester groups is 2. The minimum absolute atomic E-state index is 0.105. The van der Waals surface area contributed by atoms with Crippen LogP contribution in [0.25, 0.3) is 0 Å². The molecule has 3 unspecified atom stereocenters. The predicted octanol–water partition coefficient (Wildman–Crippen LogP) is 20.8. The quantitative estimate of drug-likeness (QED) is 0.0222. The number of phosphoric acid groups is 2. The van der Waals surface area contributed by atoms with Crippen LogP contribution < -0.4 is 0 Å². The van der Waals surface area contributed by atoms with E-state index >= 15 is 0 Å². The van der Waals surface area contributed by atoms with Gasteiger partial charge in [0.1, 0.15) is 19.3 Å². The first-order valence-corrected chi connectivity index (χ1v) is 40.5. The van der Waals surface area contributed by atoms with E-state index in [4.69, 9.17) is 37.0 Å². The number of aliphatic hydroxyl groups excluding tert-OH is 1. The van der Waals surface area contributed by atoms with E-state index in [0.717, 1.165) is 108 Å². The SMILES string of the molecule is CCCCCCCCCCCCCCCCCC(=O)O[C@H](COC(=O)CCCCCCCCCCCCCCCC)COP(=O)(O)OC[C@@H](O)COP(=O)(O)OC[C@@H](COC(=O)CCCCCCCCC(C)CC)OC(=O)CCCCCCCCCCCC(C)C. The zero-order chi connectivity index (χ0) is 67.2. The topological polar surface area (TPSA) is 237 Å². The fourth-order valence-electron chi connectivity index (χ4n) is 10.9. The lowest BCUT2D eigenvalue weighted by atomic mass is 10.00. The molecule has 0 fully saturated rings. The summed E-state index contributed by atoms with van der Waals surface area (Å²) in [7, 11) is -9.90. The monoisotopic (exact) mass is 1340 g/mol. The Bertz CT molecular complexity index is 1770. The molecule has 0 bridgehead atoms. The molecule has 19 heteroatoms. The van der Waals surface area contributed by atoms with E-state index in [-0.39, 0.29) is 25.7 Å². The van der Waals surface area contributed by atoms with Gasteiger partial charge in [0.15, 0.2) is 12.2 Å². The molecule has 0 radical (unpaired) electrons. The molecule has 0 aliphatic carbocycles. The molecule has 0 saturated carbocycles. The molecule has 0 aliphatic heterocycles. The van der Waals surface area contributed by atoms with Crippen LogP contribution in [0.4, 0.5) is 0 Å². The van der Waals surface area contributed by atoms with Crippen LogP contribution in [-0.2, 0) is 65.4 Å². The first-order chi connectivity index (χ1) is 43.9. The van der Waals surface area contributed by atoms with Crippen molar-refractivity contribution in [2.45, 2.75) is 387 Å². The summed E-state index contributed by atoms with van der Waals surface area (Å²) in [6, 6.07) is 0. The van der Waals surface area contributed by atoms with Crippen molar-refractivity contribution in [3.63, 3.8) is 0 Å². The van der Waals surface area contributed by atoms with Gasteiger partial charge >= 0.3 is 39.5 Å². The Balaban J connectivity index is 5.26. The normalized spacial score (nSPS) is 14.4. The van der Waals surface area contributed by atoms with Gasteiger partial charge in [0.2, 0.25) is 0 Å². The van der Waals surface area contributed by atoms with Crippen molar-refractivity contribution < 1.29 is 80.2 Å². The van der Waals surface area contributed by atoms with E-state index in [2.05, 4.69) is 41.5 Å². The minimum Gasteiger partial charge on any atom is -0.462 e. The average Bonchev–Trinajstić information content (AvgIpc) is 3.73. The number of hydrogen-bond acceptors (Lipinski definition) is 15. The van der Waals surface area contributed by atoms with E-state index in [1.165, 1.54) is 180 Å². The second-order valence-electron chi connectivity index (χ2n) is 26.7. The smallest absolute Gasteiger partial charge is 0.462 e. The van der Waals surface area contributed by atoms with Gasteiger partial charge < -0.3 is 33.8 Å². The summed E-state index contributed by atoms with van der Waals surface area (Å²) in [5.74, 6) is -0.654. The molecule has 0 aromatic heterocycles. The average molecular weight is 1340 g/mol. The van der Waals surface area contributed by atoms with Crippen molar-refractivity contribution in [3.05, 3.63) is 0 Å². The minimum atomic E-state index is -4.95. The number of carbonyl (C=O) groups excluding carboxylic acids is 4. The third-order valence-electron chi connectivity index (χ3n) is 17.1. The van der Waals surface area contributed by atoms with Gasteiger partial charge in [-0.05, 0) is 37.5 Å². The van der Waals surface area contributed by atoms with Gasteiger partial charge in [0.05, 0.1) is 26.4 Å². The summed E-state index contributed by atoms with van der Waals surface area (Å²) < 4.78 is 68.4. The summed E-state index contributed by atoms with van der Waals surface area (Å²) in [4.78, 5) is 72.6. The Kier molecular flexibility index (Phi) is 62.7. The van der Waals surface area contributed by atoms with E-state index in [1.54, 1.807) is 0 Å². The van der Waals surface area contributed by atoms with Gasteiger partial charge in [-0.3, -0.25) is 37.3 Å². The lowest BCUT2D eigenvalue weighted by Crippen LogP contribution is -2.30. The molecule has 0 aromatic carbocycles. The summed E-state index contributed by atoms with van der Waals surface area (Å²) in [5.41, 5.74) is 0. The van der Waals surface area contributed by atoms with Gasteiger partial charge in [0, 0.05) is 25.7 Å². The van der Waals surface area contributed by atoms with Crippen LogP contribution in [0.15, 0.2) is 0 Å². The van der Waals surface area contributed by atoms with Crippen LogP contribution in [0.5, 0.6) is 0 Å². The maximum Gasteiger partial charge on any atom is 0.472 e. The maximum atomic E-state index is 13.0. The third kappa shape index (κ3) is 65.1. The highest BCUT2D eigenvalue weighted by Gasteiger charge is 2.30. The van der Waals surface area contributed by atoms with Crippen molar-refractivity contribution in [2.75, 3.05) is 39.6 Å². The molecule has 91 heavy (non-hydrogen) atoms. The van der Waals surface area contributed by atoms with E-state index in [9.17, 15) is 43.2 Å². The molecule has 0 aromatic rings. The number of unbranched alkanes of at least 4 members (excludes halogenated alkanes) is 40. The van der Waals surface area contributed by atoms with Crippen LogP contribution >= 0.6 is 15.6 Å². The summed E-state index contributed by atoms with van der Waals surface area (Å²) in [6.45, 7) is 9.51. The largest absolute Gasteiger partial charge is 0.472 e. The first-order valence-electron chi connectivity index (χ1n) is 37.5. The molecular weight excluding hydrogens is 1200 g/mol. The lowest BCUT2D eigenvalue weighted by Gasteiger charge is -2.21. The molecule has 6 atom stereocenters. The molecule has 0 amide bonds. The molecule has 0 spiro atoms. The molecule has 0 saturated heterocycles. The van der Waals surface area contributed by atoms with Crippen LogP contribution in [0.3, 0.4) is 0 Å². The number of ether oxygens (including phenoxy) is 4. The zero-order valence-corrected chi connectivity index (χ0v) is 60.9. The summed E-state index contributed by atoms with van der Waals surface area (Å²) in [5, 5.41) is 10.6. The highest BCUT2D eigenvalue weighted by molar-refractivity contribution is 7.47. The van der Waals surface area contributed by atoms with Crippen molar-refractivity contribution >= 4 is 39.5 Å². The molecule has 0 aliphatic rings. The second-order valence-corrected chi connectivity index (χ2v) is 29.6. The van der Waals surface area contributed by atoms with Crippen molar-refractivity contribution in [1.82, 2.24) is 0 Å². The highest BCUT2D eigenvalue weighted by atomic mass is 31.2. The van der Waals surface area contributed by atoms with Crippen molar-refractivity contribution in [2.24, 2.45) is 11.8 Å². The Morgan fingerprint density at radius 1 is 0.319 bits per heavy atom. The van der Waals surface area contributed by atoms with E-state index in [1.807, 2.05) is 0 Å². The molecule has 0 heterocycles. The van der Waals surface area contributed by atoms with Crippen LogP contribution in [0.1, 0.15) is 369 Å². The molecule has 0 rings (SSSR count). The second kappa shape index (κ2) is 64.1. The number of carbonyl (C=O) groups is 4. The fraction of sp³-hybridized carbons (Fsp3) is 0.944. The van der Waals surface area contributed by atoms with Crippen molar-refractivity contribution in [1.29, 1.82) is 0 Å². The zero-order valence-electron chi connectivity index (χ0n) is 59.1. The Morgan fingerprint density at radius 3 is 0.835 bits per heavy atom. The predicted molar refractivity (Wildman–Crippen MR) is 368 cm³/mol. The van der Waals surface area contributed by atoms with Gasteiger partial charge in [0.25, 0.3) is 0 Å².